The minimum absolute atomic E-state index is 0.236. The maximum atomic E-state index is 13.0. The van der Waals surface area contributed by atoms with Crippen LogP contribution in [0.15, 0.2) is 18.2 Å². The van der Waals surface area contributed by atoms with Gasteiger partial charge in [-0.3, -0.25) is 0 Å². The Balaban J connectivity index is 2.06. The predicted octanol–water partition coefficient (Wildman–Crippen LogP) is 4.07. The van der Waals surface area contributed by atoms with Gasteiger partial charge in [0.25, 0.3) is 0 Å². The average molecular weight is 267 g/mol. The summed E-state index contributed by atoms with van der Waals surface area (Å²) in [4.78, 5) is 0. The lowest BCUT2D eigenvalue weighted by molar-refractivity contribution is 0.301. The van der Waals surface area contributed by atoms with Crippen molar-refractivity contribution in [1.29, 1.82) is 0 Å². The summed E-state index contributed by atoms with van der Waals surface area (Å²) in [5.41, 5.74) is 0.988. The first-order chi connectivity index (χ1) is 9.09. The van der Waals surface area contributed by atoms with Gasteiger partial charge >= 0.3 is 0 Å². The number of hydrogen-bond acceptors (Lipinski definition) is 2. The lowest BCUT2D eigenvalue weighted by Crippen LogP contribution is -2.23. The van der Waals surface area contributed by atoms with E-state index in [0.717, 1.165) is 24.9 Å². The van der Waals surface area contributed by atoms with E-state index in [1.54, 1.807) is 6.07 Å². The molecule has 1 rings (SSSR count). The first kappa shape index (κ1) is 16.0. The minimum Gasteiger partial charge on any atom is -0.493 e. The molecule has 0 spiro atoms. The standard InChI is InChI=1S/C16H26FNO/c1-13(2)18-10-6-4-5-7-11-19-16-12-15(17)9-8-14(16)3/h8-9,12-13,18H,4-7,10-11H2,1-3H3. The molecule has 0 heterocycles. The summed E-state index contributed by atoms with van der Waals surface area (Å²) in [5, 5.41) is 3.40. The number of unbranched alkanes of at least 4 members (excludes halogenated alkanes) is 3. The van der Waals surface area contributed by atoms with Gasteiger partial charge in [0.05, 0.1) is 6.61 Å². The second-order valence-corrected chi connectivity index (χ2v) is 5.28. The van der Waals surface area contributed by atoms with Crippen LogP contribution in [-0.4, -0.2) is 19.2 Å². The Hall–Kier alpha value is -1.09. The Morgan fingerprint density at radius 1 is 1.16 bits per heavy atom. The highest BCUT2D eigenvalue weighted by Gasteiger charge is 2.01. The molecule has 0 aromatic heterocycles. The van der Waals surface area contributed by atoms with Crippen LogP contribution in [0, 0.1) is 12.7 Å². The second kappa shape index (κ2) is 8.92. The molecule has 0 aliphatic heterocycles. The van der Waals surface area contributed by atoms with Gasteiger partial charge in [0.15, 0.2) is 0 Å². The first-order valence-electron chi connectivity index (χ1n) is 7.22. The zero-order valence-electron chi connectivity index (χ0n) is 12.3. The summed E-state index contributed by atoms with van der Waals surface area (Å²) in [6.07, 6.45) is 4.61. The first-order valence-corrected chi connectivity index (χ1v) is 7.22. The van der Waals surface area contributed by atoms with Crippen LogP contribution in [0.25, 0.3) is 0 Å². The lowest BCUT2D eigenvalue weighted by Gasteiger charge is -2.09. The molecule has 2 nitrogen and oxygen atoms in total. The molecule has 1 N–H and O–H groups in total. The Morgan fingerprint density at radius 2 is 1.89 bits per heavy atom. The van der Waals surface area contributed by atoms with Gasteiger partial charge in [0, 0.05) is 12.1 Å². The van der Waals surface area contributed by atoms with Crippen molar-refractivity contribution in [3.63, 3.8) is 0 Å². The molecular formula is C16H26FNO. The predicted molar refractivity (Wildman–Crippen MR) is 78.2 cm³/mol. The van der Waals surface area contributed by atoms with Crippen molar-refractivity contribution in [2.75, 3.05) is 13.2 Å². The van der Waals surface area contributed by atoms with Crippen molar-refractivity contribution in [2.45, 2.75) is 52.5 Å². The van der Waals surface area contributed by atoms with Crippen molar-refractivity contribution < 1.29 is 9.13 Å². The van der Waals surface area contributed by atoms with Crippen LogP contribution in [0.3, 0.4) is 0 Å². The third-order valence-corrected chi connectivity index (χ3v) is 3.03. The van der Waals surface area contributed by atoms with Crippen molar-refractivity contribution in [3.8, 4) is 5.75 Å². The number of hydrogen-bond donors (Lipinski definition) is 1. The number of benzene rings is 1. The number of rotatable bonds is 9. The highest BCUT2D eigenvalue weighted by atomic mass is 19.1. The lowest BCUT2D eigenvalue weighted by atomic mass is 10.2. The van der Waals surface area contributed by atoms with Gasteiger partial charge in [-0.25, -0.2) is 4.39 Å². The smallest absolute Gasteiger partial charge is 0.126 e. The Labute approximate surface area is 116 Å². The van der Waals surface area contributed by atoms with Crippen molar-refractivity contribution in [2.24, 2.45) is 0 Å². The van der Waals surface area contributed by atoms with Gasteiger partial charge in [-0.15, -0.1) is 0 Å². The quantitative estimate of drug-likeness (QED) is 0.681. The van der Waals surface area contributed by atoms with E-state index < -0.39 is 0 Å². The van der Waals surface area contributed by atoms with E-state index >= 15 is 0 Å². The maximum Gasteiger partial charge on any atom is 0.126 e. The molecule has 0 fully saturated rings. The van der Waals surface area contributed by atoms with Gasteiger partial charge < -0.3 is 10.1 Å². The van der Waals surface area contributed by atoms with E-state index in [0.29, 0.717) is 18.4 Å². The Bertz CT molecular complexity index is 366. The van der Waals surface area contributed by atoms with Crippen LogP contribution in [-0.2, 0) is 0 Å². The fourth-order valence-electron chi connectivity index (χ4n) is 1.88. The van der Waals surface area contributed by atoms with Crippen LogP contribution in [0.4, 0.5) is 4.39 Å². The molecule has 108 valence electrons. The summed E-state index contributed by atoms with van der Waals surface area (Å²) < 4.78 is 18.6. The molecule has 0 aliphatic rings. The van der Waals surface area contributed by atoms with Crippen LogP contribution in [0.1, 0.15) is 45.1 Å². The highest BCUT2D eigenvalue weighted by Crippen LogP contribution is 2.19. The zero-order chi connectivity index (χ0) is 14.1. The van der Waals surface area contributed by atoms with E-state index in [1.807, 2.05) is 6.92 Å². The second-order valence-electron chi connectivity index (χ2n) is 5.28. The molecule has 0 radical (unpaired) electrons. The van der Waals surface area contributed by atoms with Crippen LogP contribution >= 0.6 is 0 Å². The van der Waals surface area contributed by atoms with Crippen molar-refractivity contribution >= 4 is 0 Å². The third-order valence-electron chi connectivity index (χ3n) is 3.03. The van der Waals surface area contributed by atoms with E-state index in [9.17, 15) is 4.39 Å². The van der Waals surface area contributed by atoms with Gasteiger partial charge in [-0.2, -0.15) is 0 Å². The largest absolute Gasteiger partial charge is 0.493 e. The van der Waals surface area contributed by atoms with Gasteiger partial charge in [-0.1, -0.05) is 32.8 Å². The van der Waals surface area contributed by atoms with Gasteiger partial charge in [0.1, 0.15) is 11.6 Å². The van der Waals surface area contributed by atoms with Crippen LogP contribution in [0.5, 0.6) is 5.75 Å². The molecule has 3 heteroatoms. The average Bonchev–Trinajstić information content (AvgIpc) is 2.36. The van der Waals surface area contributed by atoms with E-state index in [1.165, 1.54) is 25.0 Å². The maximum absolute atomic E-state index is 13.0. The fraction of sp³-hybridized carbons (Fsp3) is 0.625. The molecule has 1 aromatic rings. The molecular weight excluding hydrogens is 241 g/mol. The fourth-order valence-corrected chi connectivity index (χ4v) is 1.88. The zero-order valence-corrected chi connectivity index (χ0v) is 12.3. The topological polar surface area (TPSA) is 21.3 Å². The molecule has 0 amide bonds. The normalized spacial score (nSPS) is 11.0. The van der Waals surface area contributed by atoms with E-state index in [4.69, 9.17) is 4.74 Å². The summed E-state index contributed by atoms with van der Waals surface area (Å²) in [6, 6.07) is 5.24. The molecule has 0 unspecified atom stereocenters. The molecule has 0 aliphatic carbocycles. The molecule has 0 saturated carbocycles. The van der Waals surface area contributed by atoms with Crippen molar-refractivity contribution in [3.05, 3.63) is 29.6 Å². The van der Waals surface area contributed by atoms with E-state index in [-0.39, 0.29) is 5.82 Å². The Kier molecular flexibility index (Phi) is 7.49. The number of aryl methyl sites for hydroxylation is 1. The summed E-state index contributed by atoms with van der Waals surface area (Å²) in [5.74, 6) is 0.432. The van der Waals surface area contributed by atoms with E-state index in [2.05, 4.69) is 19.2 Å². The van der Waals surface area contributed by atoms with Crippen molar-refractivity contribution in [1.82, 2.24) is 5.32 Å². The SMILES string of the molecule is Cc1ccc(F)cc1OCCCCCCNC(C)C. The number of halogens is 1. The van der Waals surface area contributed by atoms with Crippen LogP contribution in [0.2, 0.25) is 0 Å². The third kappa shape index (κ3) is 7.16. The molecule has 0 bridgehead atoms. The van der Waals surface area contributed by atoms with Gasteiger partial charge in [0.2, 0.25) is 0 Å². The minimum atomic E-state index is -0.236. The summed E-state index contributed by atoms with van der Waals surface area (Å²) in [6.45, 7) is 8.01. The number of ether oxygens (including phenoxy) is 1. The molecule has 0 saturated heterocycles. The molecule has 19 heavy (non-hydrogen) atoms. The van der Waals surface area contributed by atoms with Crippen LogP contribution < -0.4 is 10.1 Å². The summed E-state index contributed by atoms with van der Waals surface area (Å²) in [7, 11) is 0. The molecule has 0 atom stereocenters. The highest BCUT2D eigenvalue weighted by molar-refractivity contribution is 5.32. The Morgan fingerprint density at radius 3 is 2.63 bits per heavy atom. The monoisotopic (exact) mass is 267 g/mol. The summed E-state index contributed by atoms with van der Waals surface area (Å²) >= 11 is 0. The number of nitrogens with one attached hydrogen (secondary N) is 1. The van der Waals surface area contributed by atoms with Gasteiger partial charge in [-0.05, 0) is 37.9 Å². The molecule has 1 aromatic carbocycles.